The molecular formula is C17H11NO4. The largest absolute Gasteiger partial charge is 0.504 e. The molecule has 0 unspecified atom stereocenters. The topological polar surface area (TPSA) is 93.6 Å². The first kappa shape index (κ1) is 12.5. The first-order valence-electron chi connectivity index (χ1n) is 6.67. The van der Waals surface area contributed by atoms with Crippen molar-refractivity contribution in [1.29, 1.82) is 0 Å². The number of fused-ring (bicyclic) bond motifs is 4. The van der Waals surface area contributed by atoms with E-state index in [2.05, 4.69) is 4.98 Å². The molecule has 108 valence electrons. The molecule has 0 amide bonds. The van der Waals surface area contributed by atoms with Crippen molar-refractivity contribution in [2.45, 2.75) is 0 Å². The number of hydrogen-bond donors (Lipinski definition) is 4. The molecule has 0 aliphatic heterocycles. The first-order valence-corrected chi connectivity index (χ1v) is 6.67. The normalized spacial score (nSPS) is 11.5. The molecule has 1 heterocycles. The summed E-state index contributed by atoms with van der Waals surface area (Å²) < 4.78 is 0. The van der Waals surface area contributed by atoms with Crippen molar-refractivity contribution in [2.24, 2.45) is 0 Å². The van der Waals surface area contributed by atoms with Crippen molar-refractivity contribution >= 4 is 32.6 Å². The maximum absolute atomic E-state index is 11.7. The fourth-order valence-corrected chi connectivity index (χ4v) is 2.75. The van der Waals surface area contributed by atoms with Crippen LogP contribution in [0.4, 0.5) is 0 Å². The summed E-state index contributed by atoms with van der Waals surface area (Å²) in [5, 5.41) is 31.7. The molecule has 0 aliphatic carbocycles. The highest BCUT2D eigenvalue weighted by Gasteiger charge is 2.08. The van der Waals surface area contributed by atoms with Crippen LogP contribution in [0.15, 0.2) is 47.3 Å². The number of aromatic amines is 1. The molecule has 0 atom stereocenters. The maximum atomic E-state index is 11.7. The zero-order valence-electron chi connectivity index (χ0n) is 11.3. The summed E-state index contributed by atoms with van der Waals surface area (Å²) in [4.78, 5) is 14.9. The van der Waals surface area contributed by atoms with Crippen LogP contribution < -0.4 is 5.43 Å². The molecule has 5 heteroatoms. The van der Waals surface area contributed by atoms with Gasteiger partial charge in [-0.1, -0.05) is 6.07 Å². The van der Waals surface area contributed by atoms with Gasteiger partial charge in [-0.15, -0.1) is 0 Å². The Kier molecular flexibility index (Phi) is 2.36. The second-order valence-electron chi connectivity index (χ2n) is 5.27. The van der Waals surface area contributed by atoms with Gasteiger partial charge in [-0.25, -0.2) is 0 Å². The number of aromatic nitrogens is 1. The predicted octanol–water partition coefficient (Wildman–Crippen LogP) is 2.95. The van der Waals surface area contributed by atoms with Gasteiger partial charge in [0.05, 0.1) is 0 Å². The van der Waals surface area contributed by atoms with Gasteiger partial charge >= 0.3 is 0 Å². The number of pyridine rings is 1. The van der Waals surface area contributed by atoms with Crippen molar-refractivity contribution in [3.63, 3.8) is 0 Å². The number of H-pyrrole nitrogens is 1. The molecule has 0 spiro atoms. The second-order valence-corrected chi connectivity index (χ2v) is 5.27. The van der Waals surface area contributed by atoms with Gasteiger partial charge in [-0.3, -0.25) is 4.79 Å². The summed E-state index contributed by atoms with van der Waals surface area (Å²) in [6.07, 6.45) is 0. The monoisotopic (exact) mass is 293 g/mol. The van der Waals surface area contributed by atoms with Gasteiger partial charge in [-0.2, -0.15) is 0 Å². The van der Waals surface area contributed by atoms with Gasteiger partial charge in [0.15, 0.2) is 17.2 Å². The van der Waals surface area contributed by atoms with E-state index in [4.69, 9.17) is 0 Å². The third kappa shape index (κ3) is 1.69. The molecule has 0 bridgehead atoms. The Bertz CT molecular complexity index is 1130. The number of aromatic hydroxyl groups is 3. The van der Waals surface area contributed by atoms with Crippen LogP contribution in [0.1, 0.15) is 0 Å². The molecule has 0 saturated carbocycles. The number of phenols is 3. The van der Waals surface area contributed by atoms with Gasteiger partial charge in [0.1, 0.15) is 0 Å². The van der Waals surface area contributed by atoms with Gasteiger partial charge in [0.2, 0.25) is 5.43 Å². The molecule has 4 rings (SSSR count). The lowest BCUT2D eigenvalue weighted by Crippen LogP contribution is -1.97. The summed E-state index contributed by atoms with van der Waals surface area (Å²) >= 11 is 0. The van der Waals surface area contributed by atoms with Crippen LogP contribution in [0.2, 0.25) is 0 Å². The molecule has 4 N–H and O–H groups in total. The SMILES string of the molecule is O=c1cc2c(ccc3[nH]c4cc(O)c(O)cc4cc32)cc1O. The van der Waals surface area contributed by atoms with Crippen LogP contribution >= 0.6 is 0 Å². The van der Waals surface area contributed by atoms with Crippen molar-refractivity contribution in [3.8, 4) is 17.2 Å². The van der Waals surface area contributed by atoms with E-state index in [1.807, 2.05) is 12.1 Å². The van der Waals surface area contributed by atoms with E-state index in [1.54, 1.807) is 6.07 Å². The van der Waals surface area contributed by atoms with Gasteiger partial charge in [0.25, 0.3) is 0 Å². The predicted molar refractivity (Wildman–Crippen MR) is 84.6 cm³/mol. The van der Waals surface area contributed by atoms with Gasteiger partial charge < -0.3 is 20.3 Å². The zero-order chi connectivity index (χ0) is 15.4. The van der Waals surface area contributed by atoms with Crippen LogP contribution in [0.5, 0.6) is 17.2 Å². The quantitative estimate of drug-likeness (QED) is 0.228. The lowest BCUT2D eigenvalue weighted by atomic mass is 10.0. The molecule has 0 radical (unpaired) electrons. The van der Waals surface area contributed by atoms with E-state index in [-0.39, 0.29) is 17.2 Å². The molecule has 4 aromatic rings. The van der Waals surface area contributed by atoms with Crippen LogP contribution in [0.3, 0.4) is 0 Å². The van der Waals surface area contributed by atoms with E-state index in [0.29, 0.717) is 16.3 Å². The number of rotatable bonds is 0. The fraction of sp³-hybridized carbons (Fsp3) is 0. The van der Waals surface area contributed by atoms with Crippen molar-refractivity contribution in [2.75, 3.05) is 0 Å². The fourth-order valence-electron chi connectivity index (χ4n) is 2.75. The van der Waals surface area contributed by atoms with Gasteiger partial charge in [-0.05, 0) is 41.1 Å². The number of hydrogen-bond acceptors (Lipinski definition) is 4. The number of benzene rings is 3. The van der Waals surface area contributed by atoms with Crippen molar-refractivity contribution < 1.29 is 15.3 Å². The maximum Gasteiger partial charge on any atom is 0.220 e. The molecule has 0 saturated heterocycles. The molecule has 5 nitrogen and oxygen atoms in total. The summed E-state index contributed by atoms with van der Waals surface area (Å²) in [5.41, 5.74) is 1.02. The average molecular weight is 293 g/mol. The molecule has 3 aromatic carbocycles. The Balaban J connectivity index is 2.21. The van der Waals surface area contributed by atoms with Crippen LogP contribution in [-0.4, -0.2) is 20.3 Å². The average Bonchev–Trinajstić information content (AvgIpc) is 2.48. The Morgan fingerprint density at radius 1 is 0.682 bits per heavy atom. The third-order valence-electron chi connectivity index (χ3n) is 3.86. The van der Waals surface area contributed by atoms with E-state index < -0.39 is 5.43 Å². The summed E-state index contributed by atoms with van der Waals surface area (Å²) in [5.74, 6) is -0.683. The van der Waals surface area contributed by atoms with Crippen molar-refractivity contribution in [3.05, 3.63) is 52.7 Å². The smallest absolute Gasteiger partial charge is 0.220 e. The number of phenolic OH excluding ortho intramolecular Hbond substituents is 3. The lowest BCUT2D eigenvalue weighted by molar-refractivity contribution is 0.405. The minimum Gasteiger partial charge on any atom is -0.504 e. The van der Waals surface area contributed by atoms with E-state index in [9.17, 15) is 20.1 Å². The van der Waals surface area contributed by atoms with E-state index >= 15 is 0 Å². The highest BCUT2D eigenvalue weighted by Crippen LogP contribution is 2.33. The molecule has 22 heavy (non-hydrogen) atoms. The van der Waals surface area contributed by atoms with Crippen LogP contribution in [-0.2, 0) is 0 Å². The van der Waals surface area contributed by atoms with Gasteiger partial charge in [0, 0.05) is 27.9 Å². The zero-order valence-corrected chi connectivity index (χ0v) is 11.3. The summed E-state index contributed by atoms with van der Waals surface area (Å²) in [6, 6.07) is 11.2. The summed E-state index contributed by atoms with van der Waals surface area (Å²) in [6.45, 7) is 0. The highest BCUT2D eigenvalue weighted by molar-refractivity contribution is 6.10. The summed E-state index contributed by atoms with van der Waals surface area (Å²) in [7, 11) is 0. The Hall–Kier alpha value is -3.21. The molecule has 1 aromatic heterocycles. The first-order chi connectivity index (χ1) is 10.5. The molecule has 0 aliphatic rings. The Labute approximate surface area is 123 Å². The lowest BCUT2D eigenvalue weighted by Gasteiger charge is -2.08. The molecule has 0 fully saturated rings. The van der Waals surface area contributed by atoms with Crippen LogP contribution in [0, 0.1) is 0 Å². The second kappa shape index (κ2) is 4.14. The van der Waals surface area contributed by atoms with E-state index in [0.717, 1.165) is 16.3 Å². The Morgan fingerprint density at radius 3 is 2.23 bits per heavy atom. The minimum atomic E-state index is -0.436. The van der Waals surface area contributed by atoms with E-state index in [1.165, 1.54) is 24.3 Å². The number of nitrogens with one attached hydrogen (secondary N) is 1. The third-order valence-corrected chi connectivity index (χ3v) is 3.86. The molecular weight excluding hydrogens is 282 g/mol. The van der Waals surface area contributed by atoms with Crippen LogP contribution in [0.25, 0.3) is 32.6 Å². The Morgan fingerprint density at radius 2 is 1.41 bits per heavy atom. The standard InChI is InChI=1S/C17H11NO4/c19-14-4-8-1-2-12-11(10(8)6-16(14)21)3-9-5-15(20)17(22)7-13(9)18-12/h1-7,18-20,22H. The van der Waals surface area contributed by atoms with Crippen molar-refractivity contribution in [1.82, 2.24) is 4.98 Å². The minimum absolute atomic E-state index is 0.198. The highest BCUT2D eigenvalue weighted by atomic mass is 16.3.